The van der Waals surface area contributed by atoms with Gasteiger partial charge in [0.15, 0.2) is 5.78 Å². The molecule has 16 heavy (non-hydrogen) atoms. The van der Waals surface area contributed by atoms with Gasteiger partial charge in [-0.15, -0.1) is 11.6 Å². The molecule has 1 aliphatic heterocycles. The molecule has 1 aromatic rings. The normalized spacial score (nSPS) is 15.6. The van der Waals surface area contributed by atoms with Crippen molar-refractivity contribution in [1.29, 1.82) is 0 Å². The Hall–Kier alpha value is -0.870. The number of benzene rings is 1. The Balaban J connectivity index is 2.46. The number of hydrogen-bond donors (Lipinski definition) is 1. The predicted octanol–water partition coefficient (Wildman–Crippen LogP) is 2.75. The van der Waals surface area contributed by atoms with E-state index in [2.05, 4.69) is 21.2 Å². The number of fused-ring (bicyclic) bond motifs is 1. The van der Waals surface area contributed by atoms with Crippen molar-refractivity contribution in [2.24, 2.45) is 0 Å². The molecular weight excluding hydrogens is 293 g/mol. The molecule has 1 aromatic carbocycles. The van der Waals surface area contributed by atoms with Gasteiger partial charge in [-0.25, -0.2) is 0 Å². The standard InChI is InChI=1S/C11H9BrClNO2/c1-5(13)11(16)7-2-6-4-9(15)14-10(6)8(12)3-7/h2-3,5H,4H2,1H3,(H,14,15). The van der Waals surface area contributed by atoms with E-state index in [1.54, 1.807) is 19.1 Å². The van der Waals surface area contributed by atoms with Crippen LogP contribution in [0.5, 0.6) is 0 Å². The average molecular weight is 303 g/mol. The van der Waals surface area contributed by atoms with Gasteiger partial charge >= 0.3 is 0 Å². The molecule has 2 rings (SSSR count). The van der Waals surface area contributed by atoms with Crippen LogP contribution in [0.3, 0.4) is 0 Å². The predicted molar refractivity (Wildman–Crippen MR) is 66.1 cm³/mol. The van der Waals surface area contributed by atoms with Gasteiger partial charge in [0.2, 0.25) is 5.91 Å². The Morgan fingerprint density at radius 1 is 1.56 bits per heavy atom. The lowest BCUT2D eigenvalue weighted by atomic mass is 10.0. The van der Waals surface area contributed by atoms with Crippen molar-refractivity contribution in [1.82, 2.24) is 0 Å². The summed E-state index contributed by atoms with van der Waals surface area (Å²) in [6, 6.07) is 3.41. The number of anilines is 1. The highest BCUT2D eigenvalue weighted by molar-refractivity contribution is 9.10. The van der Waals surface area contributed by atoms with Crippen LogP contribution in [-0.2, 0) is 11.2 Å². The Bertz CT molecular complexity index is 485. The molecule has 84 valence electrons. The fraction of sp³-hybridized carbons (Fsp3) is 0.273. The van der Waals surface area contributed by atoms with Gasteiger partial charge in [0.25, 0.3) is 0 Å². The van der Waals surface area contributed by atoms with Crippen molar-refractivity contribution in [2.45, 2.75) is 18.7 Å². The van der Waals surface area contributed by atoms with Crippen LogP contribution in [-0.4, -0.2) is 17.1 Å². The first kappa shape index (κ1) is 11.6. The van der Waals surface area contributed by atoms with E-state index in [4.69, 9.17) is 11.6 Å². The largest absolute Gasteiger partial charge is 0.325 e. The lowest BCUT2D eigenvalue weighted by Crippen LogP contribution is -2.10. The zero-order chi connectivity index (χ0) is 11.9. The molecule has 1 N–H and O–H groups in total. The van der Waals surface area contributed by atoms with E-state index in [-0.39, 0.29) is 11.7 Å². The summed E-state index contributed by atoms with van der Waals surface area (Å²) in [6.07, 6.45) is 0.311. The van der Waals surface area contributed by atoms with E-state index < -0.39 is 5.38 Å². The second-order valence-electron chi connectivity index (χ2n) is 3.70. The second kappa shape index (κ2) is 4.18. The third-order valence-electron chi connectivity index (χ3n) is 2.43. The van der Waals surface area contributed by atoms with Gasteiger partial charge in [-0.1, -0.05) is 0 Å². The van der Waals surface area contributed by atoms with Crippen LogP contribution < -0.4 is 5.32 Å². The minimum absolute atomic E-state index is 0.0563. The van der Waals surface area contributed by atoms with Gasteiger partial charge in [-0.3, -0.25) is 9.59 Å². The topological polar surface area (TPSA) is 46.2 Å². The smallest absolute Gasteiger partial charge is 0.228 e. The maximum Gasteiger partial charge on any atom is 0.228 e. The molecule has 3 nitrogen and oxygen atoms in total. The first-order chi connectivity index (χ1) is 7.49. The number of amides is 1. The molecule has 1 unspecified atom stereocenters. The summed E-state index contributed by atoms with van der Waals surface area (Å²) in [5.74, 6) is -0.191. The van der Waals surface area contributed by atoms with Crippen LogP contribution in [0.4, 0.5) is 5.69 Å². The van der Waals surface area contributed by atoms with Gasteiger partial charge in [0.05, 0.1) is 17.5 Å². The average Bonchev–Trinajstić information content (AvgIpc) is 2.57. The molecule has 0 aromatic heterocycles. The number of rotatable bonds is 2. The number of carbonyl (C=O) groups is 2. The van der Waals surface area contributed by atoms with Crippen LogP contribution in [0.2, 0.25) is 0 Å². The van der Waals surface area contributed by atoms with Gasteiger partial charge in [-0.05, 0) is 40.5 Å². The molecule has 1 amide bonds. The van der Waals surface area contributed by atoms with E-state index in [0.717, 1.165) is 15.7 Å². The number of halogens is 2. The fourth-order valence-electron chi connectivity index (χ4n) is 1.67. The summed E-state index contributed by atoms with van der Waals surface area (Å²) in [6.45, 7) is 1.63. The first-order valence-corrected chi connectivity index (χ1v) is 6.02. The van der Waals surface area contributed by atoms with Crippen molar-refractivity contribution >= 4 is 44.9 Å². The molecule has 5 heteroatoms. The zero-order valence-corrected chi connectivity index (χ0v) is 10.9. The molecule has 0 fully saturated rings. The SMILES string of the molecule is CC(Cl)C(=O)c1cc(Br)c2c(c1)CC(=O)N2. The molecule has 1 heterocycles. The van der Waals surface area contributed by atoms with Crippen molar-refractivity contribution in [3.05, 3.63) is 27.7 Å². The van der Waals surface area contributed by atoms with Crippen LogP contribution in [0.15, 0.2) is 16.6 Å². The molecule has 1 aliphatic rings. The van der Waals surface area contributed by atoms with Gasteiger partial charge in [0, 0.05) is 10.0 Å². The molecular formula is C11H9BrClNO2. The highest BCUT2D eigenvalue weighted by atomic mass is 79.9. The number of ketones is 1. The maximum atomic E-state index is 11.7. The third kappa shape index (κ3) is 1.99. The van der Waals surface area contributed by atoms with E-state index in [0.29, 0.717) is 12.0 Å². The third-order valence-corrected chi connectivity index (χ3v) is 3.26. The summed E-state index contributed by atoms with van der Waals surface area (Å²) in [5.41, 5.74) is 2.12. The fourth-order valence-corrected chi connectivity index (χ4v) is 2.40. The van der Waals surface area contributed by atoms with Gasteiger partial charge in [0.1, 0.15) is 0 Å². The van der Waals surface area contributed by atoms with Crippen LogP contribution in [0.1, 0.15) is 22.8 Å². The second-order valence-corrected chi connectivity index (χ2v) is 5.21. The molecule has 0 radical (unpaired) electrons. The van der Waals surface area contributed by atoms with Crippen molar-refractivity contribution in [3.8, 4) is 0 Å². The minimum atomic E-state index is -0.560. The molecule has 0 saturated heterocycles. The Labute approximate surface area is 106 Å². The summed E-state index contributed by atoms with van der Waals surface area (Å²) < 4.78 is 0.719. The lowest BCUT2D eigenvalue weighted by molar-refractivity contribution is -0.115. The number of alkyl halides is 1. The van der Waals surface area contributed by atoms with E-state index in [1.807, 2.05) is 0 Å². The molecule has 0 aliphatic carbocycles. The van der Waals surface area contributed by atoms with Gasteiger partial charge < -0.3 is 5.32 Å². The Morgan fingerprint density at radius 3 is 2.88 bits per heavy atom. The summed E-state index contributed by atoms with van der Waals surface area (Å²) >= 11 is 9.08. The summed E-state index contributed by atoms with van der Waals surface area (Å²) in [5, 5.41) is 2.17. The van der Waals surface area contributed by atoms with E-state index >= 15 is 0 Å². The lowest BCUT2D eigenvalue weighted by Gasteiger charge is -2.07. The number of hydrogen-bond acceptors (Lipinski definition) is 2. The number of nitrogens with one attached hydrogen (secondary N) is 1. The monoisotopic (exact) mass is 301 g/mol. The minimum Gasteiger partial charge on any atom is -0.325 e. The van der Waals surface area contributed by atoms with Crippen molar-refractivity contribution in [2.75, 3.05) is 5.32 Å². The van der Waals surface area contributed by atoms with Crippen LogP contribution >= 0.6 is 27.5 Å². The van der Waals surface area contributed by atoms with Crippen LogP contribution in [0.25, 0.3) is 0 Å². The van der Waals surface area contributed by atoms with E-state index in [9.17, 15) is 9.59 Å². The molecule has 1 atom stereocenters. The highest BCUT2D eigenvalue weighted by Gasteiger charge is 2.23. The number of carbonyl (C=O) groups excluding carboxylic acids is 2. The van der Waals surface area contributed by atoms with E-state index in [1.165, 1.54) is 0 Å². The highest BCUT2D eigenvalue weighted by Crippen LogP contribution is 2.33. The quantitative estimate of drug-likeness (QED) is 0.674. The van der Waals surface area contributed by atoms with Crippen LogP contribution in [0, 0.1) is 0 Å². The summed E-state index contributed by atoms with van der Waals surface area (Å²) in [7, 11) is 0. The zero-order valence-electron chi connectivity index (χ0n) is 8.51. The van der Waals surface area contributed by atoms with Crippen molar-refractivity contribution in [3.63, 3.8) is 0 Å². The maximum absolute atomic E-state index is 11.7. The van der Waals surface area contributed by atoms with Crippen molar-refractivity contribution < 1.29 is 9.59 Å². The number of Topliss-reactive ketones (excluding diaryl/α,β-unsaturated/α-hetero) is 1. The Kier molecular flexibility index (Phi) is 3.04. The molecule has 0 saturated carbocycles. The molecule has 0 bridgehead atoms. The van der Waals surface area contributed by atoms with Gasteiger partial charge in [-0.2, -0.15) is 0 Å². The summed E-state index contributed by atoms with van der Waals surface area (Å²) in [4.78, 5) is 22.9. The Morgan fingerprint density at radius 2 is 2.25 bits per heavy atom. The molecule has 0 spiro atoms. The first-order valence-electron chi connectivity index (χ1n) is 4.79.